The zero-order valence-electron chi connectivity index (χ0n) is 4.87. The zero-order chi connectivity index (χ0) is 6.78. The average Bonchev–Trinajstić information content (AvgIpc) is 1.67. The first-order valence-electron chi connectivity index (χ1n) is 2.26. The SMILES string of the molecule is [2H]C([2H])(CBr)C(=O)Cl. The van der Waals surface area contributed by atoms with Gasteiger partial charge in [-0.1, -0.05) is 15.9 Å². The molecule has 3 heteroatoms. The second-order valence-electron chi connectivity index (χ2n) is 0.584. The van der Waals surface area contributed by atoms with Crippen LogP contribution in [0.3, 0.4) is 0 Å². The molecule has 0 aliphatic rings. The van der Waals surface area contributed by atoms with E-state index in [1.807, 2.05) is 0 Å². The van der Waals surface area contributed by atoms with Crippen LogP contribution < -0.4 is 0 Å². The molecule has 0 atom stereocenters. The van der Waals surface area contributed by atoms with Gasteiger partial charge in [-0.25, -0.2) is 0 Å². The van der Waals surface area contributed by atoms with Gasteiger partial charge in [0.1, 0.15) is 0 Å². The van der Waals surface area contributed by atoms with E-state index in [2.05, 4.69) is 15.9 Å². The van der Waals surface area contributed by atoms with Crippen molar-refractivity contribution in [3.63, 3.8) is 0 Å². The van der Waals surface area contributed by atoms with Crippen molar-refractivity contribution in [3.05, 3.63) is 0 Å². The highest BCUT2D eigenvalue weighted by Gasteiger charge is 1.88. The third-order valence-corrected chi connectivity index (χ3v) is 0.620. The van der Waals surface area contributed by atoms with E-state index >= 15 is 0 Å². The summed E-state index contributed by atoms with van der Waals surface area (Å²) in [5.41, 5.74) is 0. The third kappa shape index (κ3) is 4.44. The fourth-order valence-corrected chi connectivity index (χ4v) is 0.535. The van der Waals surface area contributed by atoms with Crippen LogP contribution in [0.2, 0.25) is 0 Å². The number of hydrogen-bond donors (Lipinski definition) is 0. The summed E-state index contributed by atoms with van der Waals surface area (Å²) in [5.74, 6) is 0. The summed E-state index contributed by atoms with van der Waals surface area (Å²) in [6.45, 7) is 0. The molecule has 0 saturated carbocycles. The molecule has 0 amide bonds. The standard InChI is InChI=1S/C3H4BrClO/c4-2-1-3(5)6/h1-2H2/i1D2. The van der Waals surface area contributed by atoms with Gasteiger partial charge in [0, 0.05) is 14.4 Å². The van der Waals surface area contributed by atoms with E-state index in [-0.39, 0.29) is 5.33 Å². The molecular weight excluding hydrogens is 167 g/mol. The van der Waals surface area contributed by atoms with Crippen molar-refractivity contribution < 1.29 is 7.54 Å². The molecule has 0 heterocycles. The fraction of sp³-hybridized carbons (Fsp3) is 0.667. The molecule has 0 fully saturated rings. The summed E-state index contributed by atoms with van der Waals surface area (Å²) in [4.78, 5) is 10.1. The molecule has 0 bridgehead atoms. The van der Waals surface area contributed by atoms with Crippen molar-refractivity contribution in [1.29, 1.82) is 0 Å². The lowest BCUT2D eigenvalue weighted by Gasteiger charge is -1.76. The van der Waals surface area contributed by atoms with Gasteiger partial charge < -0.3 is 0 Å². The van der Waals surface area contributed by atoms with Gasteiger partial charge in [-0.2, -0.15) is 0 Å². The predicted octanol–water partition coefficient (Wildman–Crippen LogP) is 1.54. The summed E-state index contributed by atoms with van der Waals surface area (Å²) in [7, 11) is 0. The van der Waals surface area contributed by atoms with Crippen LogP contribution in [-0.4, -0.2) is 10.6 Å². The van der Waals surface area contributed by atoms with Crippen LogP contribution in [0, 0.1) is 0 Å². The van der Waals surface area contributed by atoms with Gasteiger partial charge in [0.05, 0.1) is 0 Å². The van der Waals surface area contributed by atoms with Crippen molar-refractivity contribution in [1.82, 2.24) is 0 Å². The minimum Gasteiger partial charge on any atom is -0.281 e. The molecule has 0 saturated heterocycles. The lowest BCUT2D eigenvalue weighted by atomic mass is 10.6. The Morgan fingerprint density at radius 3 is 2.67 bits per heavy atom. The number of carbonyl (C=O) groups excluding carboxylic acids is 1. The minimum atomic E-state index is -1.92. The van der Waals surface area contributed by atoms with Gasteiger partial charge in [-0.05, 0) is 11.6 Å². The fourth-order valence-electron chi connectivity index (χ4n) is 0.0525. The molecule has 0 radical (unpaired) electrons. The lowest BCUT2D eigenvalue weighted by molar-refractivity contribution is -0.111. The number of alkyl halides is 1. The van der Waals surface area contributed by atoms with E-state index < -0.39 is 11.6 Å². The molecule has 0 spiro atoms. The predicted molar refractivity (Wildman–Crippen MR) is 29.3 cm³/mol. The van der Waals surface area contributed by atoms with Crippen molar-refractivity contribution in [2.45, 2.75) is 6.37 Å². The van der Waals surface area contributed by atoms with Gasteiger partial charge in [-0.15, -0.1) is 0 Å². The van der Waals surface area contributed by atoms with Crippen molar-refractivity contribution in [3.8, 4) is 0 Å². The van der Waals surface area contributed by atoms with E-state index in [1.165, 1.54) is 0 Å². The molecule has 0 aromatic carbocycles. The third-order valence-electron chi connectivity index (χ3n) is 0.206. The van der Waals surface area contributed by atoms with Gasteiger partial charge in [0.25, 0.3) is 0 Å². The van der Waals surface area contributed by atoms with Gasteiger partial charge in [0.15, 0.2) is 0 Å². The van der Waals surface area contributed by atoms with E-state index in [0.29, 0.717) is 0 Å². The maximum atomic E-state index is 10.1. The summed E-state index contributed by atoms with van der Waals surface area (Å²) in [6, 6.07) is 0. The van der Waals surface area contributed by atoms with E-state index in [9.17, 15) is 4.79 Å². The Balaban J connectivity index is 3.91. The molecule has 0 N–H and O–H groups in total. The quantitative estimate of drug-likeness (QED) is 0.457. The maximum absolute atomic E-state index is 10.1. The van der Waals surface area contributed by atoms with Crippen LogP contribution in [0.5, 0.6) is 0 Å². The van der Waals surface area contributed by atoms with Crippen LogP contribution in [0.1, 0.15) is 9.11 Å². The van der Waals surface area contributed by atoms with Crippen LogP contribution in [0.25, 0.3) is 0 Å². The molecule has 6 heavy (non-hydrogen) atoms. The molecule has 36 valence electrons. The first kappa shape index (κ1) is 3.44. The monoisotopic (exact) mass is 172 g/mol. The Hall–Kier alpha value is 0.440. The number of carbonyl (C=O) groups is 1. The van der Waals surface area contributed by atoms with Crippen molar-refractivity contribution >= 4 is 32.8 Å². The van der Waals surface area contributed by atoms with Crippen LogP contribution in [0.4, 0.5) is 0 Å². The van der Waals surface area contributed by atoms with E-state index in [4.69, 9.17) is 14.3 Å². The highest BCUT2D eigenvalue weighted by molar-refractivity contribution is 9.09. The van der Waals surface area contributed by atoms with E-state index in [0.717, 1.165) is 0 Å². The second kappa shape index (κ2) is 3.62. The highest BCUT2D eigenvalue weighted by atomic mass is 79.9. The zero-order valence-corrected chi connectivity index (χ0v) is 5.21. The smallest absolute Gasteiger partial charge is 0.222 e. The normalized spacial score (nSPS) is 15.7. The molecule has 0 aromatic rings. The molecule has 0 unspecified atom stereocenters. The largest absolute Gasteiger partial charge is 0.281 e. The molecule has 0 aliphatic heterocycles. The summed E-state index contributed by atoms with van der Waals surface area (Å²) in [5, 5.41) is -1.02. The topological polar surface area (TPSA) is 17.1 Å². The van der Waals surface area contributed by atoms with Crippen LogP contribution >= 0.6 is 27.5 Å². The van der Waals surface area contributed by atoms with Crippen LogP contribution in [0.15, 0.2) is 0 Å². The molecule has 0 aromatic heterocycles. The van der Waals surface area contributed by atoms with Crippen molar-refractivity contribution in [2.75, 3.05) is 5.33 Å². The molecule has 0 rings (SSSR count). The second-order valence-corrected chi connectivity index (χ2v) is 1.49. The van der Waals surface area contributed by atoms with Crippen LogP contribution in [-0.2, 0) is 4.79 Å². The Morgan fingerprint density at radius 1 is 2.17 bits per heavy atom. The summed E-state index contributed by atoms with van der Waals surface area (Å²) in [6.07, 6.45) is -1.92. The summed E-state index contributed by atoms with van der Waals surface area (Å²) < 4.78 is 13.5. The highest BCUT2D eigenvalue weighted by Crippen LogP contribution is 1.91. The first-order chi connectivity index (χ1) is 3.50. The molecular formula is C3H4BrClO. The Bertz CT molecular complexity index is 105. The average molecular weight is 173 g/mol. The summed E-state index contributed by atoms with van der Waals surface area (Å²) >= 11 is 7.62. The van der Waals surface area contributed by atoms with Gasteiger partial charge in [-0.3, -0.25) is 4.79 Å². The van der Waals surface area contributed by atoms with Crippen molar-refractivity contribution in [2.24, 2.45) is 0 Å². The number of halogens is 2. The number of hydrogen-bond acceptors (Lipinski definition) is 1. The molecule has 0 aliphatic carbocycles. The first-order valence-corrected chi connectivity index (χ1v) is 2.76. The van der Waals surface area contributed by atoms with E-state index in [1.54, 1.807) is 0 Å². The Morgan fingerprint density at radius 2 is 2.67 bits per heavy atom. The Kier molecular flexibility index (Phi) is 2.08. The molecule has 1 nitrogen and oxygen atoms in total. The maximum Gasteiger partial charge on any atom is 0.222 e. The number of rotatable bonds is 2. The Labute approximate surface area is 52.6 Å². The lowest BCUT2D eigenvalue weighted by Crippen LogP contribution is -1.83. The van der Waals surface area contributed by atoms with Gasteiger partial charge in [0.2, 0.25) is 5.24 Å². The van der Waals surface area contributed by atoms with Gasteiger partial charge >= 0.3 is 0 Å². The minimum absolute atomic E-state index is 0.0532.